The maximum atomic E-state index is 10.9. The maximum absolute atomic E-state index is 10.9. The van der Waals surface area contributed by atoms with Gasteiger partial charge in [0.05, 0.1) is 7.11 Å². The molecule has 2 rings (SSSR count). The minimum Gasteiger partial charge on any atom is -0.497 e. The van der Waals surface area contributed by atoms with Gasteiger partial charge in [-0.1, -0.05) is 0 Å². The molecule has 0 saturated heterocycles. The van der Waals surface area contributed by atoms with Crippen LogP contribution in [0.1, 0.15) is 15.9 Å². The topological polar surface area (TPSA) is 88.3 Å². The Balaban J connectivity index is 2.49. The van der Waals surface area contributed by atoms with Crippen molar-refractivity contribution in [2.24, 2.45) is 0 Å². The number of anilines is 1. The first-order valence-corrected chi connectivity index (χ1v) is 5.39. The number of nitrogens with two attached hydrogens (primary N) is 1. The first kappa shape index (κ1) is 12.0. The normalized spacial score (nSPS) is 10.3. The van der Waals surface area contributed by atoms with Crippen molar-refractivity contribution in [1.82, 2.24) is 4.98 Å². The number of aromatic carboxylic acids is 1. The second kappa shape index (κ2) is 4.44. The summed E-state index contributed by atoms with van der Waals surface area (Å²) in [5.41, 5.74) is 8.27. The van der Waals surface area contributed by atoms with Gasteiger partial charge in [-0.2, -0.15) is 0 Å². The largest absolute Gasteiger partial charge is 0.497 e. The Bertz CT molecular complexity index is 602. The zero-order valence-corrected chi connectivity index (χ0v) is 10.2. The summed E-state index contributed by atoms with van der Waals surface area (Å²) in [7, 11) is 1.60. The first-order valence-electron chi connectivity index (χ1n) is 5.39. The molecule has 0 bridgehead atoms. The Labute approximate surface area is 104 Å². The highest BCUT2D eigenvalue weighted by atomic mass is 16.5. The van der Waals surface area contributed by atoms with Gasteiger partial charge >= 0.3 is 5.97 Å². The molecule has 0 fully saturated rings. The number of nitrogen functional groups attached to an aromatic ring is 1. The fourth-order valence-electron chi connectivity index (χ4n) is 1.86. The molecule has 0 aliphatic carbocycles. The summed E-state index contributed by atoms with van der Waals surface area (Å²) in [5.74, 6) is -0.122. The van der Waals surface area contributed by atoms with Gasteiger partial charge in [0.25, 0.3) is 0 Å². The number of carboxylic acid groups (broad SMARTS) is 1. The molecule has 5 heteroatoms. The molecule has 2 aromatic rings. The predicted octanol–water partition coefficient (Wildman–Crippen LogP) is 2.28. The smallest absolute Gasteiger partial charge is 0.339 e. The van der Waals surface area contributed by atoms with Gasteiger partial charge in [-0.05, 0) is 36.8 Å². The molecule has 4 N–H and O–H groups in total. The van der Waals surface area contributed by atoms with Crippen molar-refractivity contribution in [3.63, 3.8) is 0 Å². The van der Waals surface area contributed by atoms with Crippen molar-refractivity contribution >= 4 is 11.8 Å². The number of aromatic amines is 1. The number of rotatable bonds is 3. The number of methoxy groups -OCH3 is 1. The van der Waals surface area contributed by atoms with Crippen LogP contribution in [0.15, 0.2) is 24.3 Å². The van der Waals surface area contributed by atoms with Crippen LogP contribution in [0.2, 0.25) is 0 Å². The molecule has 1 aromatic heterocycles. The van der Waals surface area contributed by atoms with Crippen LogP contribution in [-0.4, -0.2) is 23.2 Å². The van der Waals surface area contributed by atoms with Crippen LogP contribution >= 0.6 is 0 Å². The first-order chi connectivity index (χ1) is 8.52. The highest BCUT2D eigenvalue weighted by molar-refractivity contribution is 5.95. The van der Waals surface area contributed by atoms with Gasteiger partial charge in [-0.15, -0.1) is 0 Å². The Morgan fingerprint density at radius 1 is 1.39 bits per heavy atom. The number of carbonyl (C=O) groups is 1. The lowest BCUT2D eigenvalue weighted by Crippen LogP contribution is -1.98. The minimum atomic E-state index is -1.04. The molecular weight excluding hydrogens is 232 g/mol. The molecule has 0 saturated carbocycles. The molecule has 0 amide bonds. The van der Waals surface area contributed by atoms with Crippen molar-refractivity contribution in [2.45, 2.75) is 6.92 Å². The fraction of sp³-hybridized carbons (Fsp3) is 0.154. The van der Waals surface area contributed by atoms with Crippen molar-refractivity contribution < 1.29 is 14.6 Å². The molecule has 1 aromatic carbocycles. The third-order valence-electron chi connectivity index (χ3n) is 2.80. The summed E-state index contributed by atoms with van der Waals surface area (Å²) < 4.78 is 5.12. The maximum Gasteiger partial charge on any atom is 0.339 e. The lowest BCUT2D eigenvalue weighted by Gasteiger charge is -2.06. The lowest BCUT2D eigenvalue weighted by molar-refractivity contribution is 0.0698. The SMILES string of the molecule is COc1ccc(-c2cc(C(=O)O)c(N)[nH]2)c(C)c1. The van der Waals surface area contributed by atoms with Crippen LogP contribution < -0.4 is 10.5 Å². The van der Waals surface area contributed by atoms with Gasteiger partial charge in [0.15, 0.2) is 0 Å². The van der Waals surface area contributed by atoms with Crippen LogP contribution in [-0.2, 0) is 0 Å². The number of benzene rings is 1. The number of hydrogen-bond acceptors (Lipinski definition) is 3. The molecule has 0 spiro atoms. The van der Waals surface area contributed by atoms with Crippen molar-refractivity contribution in [3.8, 4) is 17.0 Å². The fourth-order valence-corrected chi connectivity index (χ4v) is 1.86. The Kier molecular flexibility index (Phi) is 2.97. The van der Waals surface area contributed by atoms with Gasteiger partial charge in [0.2, 0.25) is 0 Å². The monoisotopic (exact) mass is 246 g/mol. The predicted molar refractivity (Wildman–Crippen MR) is 68.9 cm³/mol. The van der Waals surface area contributed by atoms with E-state index < -0.39 is 5.97 Å². The number of ether oxygens (including phenoxy) is 1. The van der Waals surface area contributed by atoms with E-state index in [1.807, 2.05) is 25.1 Å². The third kappa shape index (κ3) is 2.02. The van der Waals surface area contributed by atoms with Crippen LogP contribution in [0.4, 0.5) is 5.82 Å². The third-order valence-corrected chi connectivity index (χ3v) is 2.80. The number of hydrogen-bond donors (Lipinski definition) is 3. The van der Waals surface area contributed by atoms with E-state index in [0.717, 1.165) is 16.9 Å². The summed E-state index contributed by atoms with van der Waals surface area (Å²) in [5, 5.41) is 8.96. The van der Waals surface area contributed by atoms with Crippen molar-refractivity contribution in [3.05, 3.63) is 35.4 Å². The van der Waals surface area contributed by atoms with E-state index >= 15 is 0 Å². The zero-order chi connectivity index (χ0) is 13.3. The molecule has 0 unspecified atom stereocenters. The van der Waals surface area contributed by atoms with Crippen molar-refractivity contribution in [1.29, 1.82) is 0 Å². The highest BCUT2D eigenvalue weighted by Crippen LogP contribution is 2.28. The molecule has 94 valence electrons. The zero-order valence-electron chi connectivity index (χ0n) is 10.2. The van der Waals surface area contributed by atoms with E-state index in [0.29, 0.717) is 5.69 Å². The number of aromatic nitrogens is 1. The molecule has 0 aliphatic rings. The second-order valence-corrected chi connectivity index (χ2v) is 4.00. The second-order valence-electron chi connectivity index (χ2n) is 4.00. The Hall–Kier alpha value is -2.43. The van der Waals surface area contributed by atoms with E-state index in [-0.39, 0.29) is 11.4 Å². The van der Waals surface area contributed by atoms with Gasteiger partial charge in [0, 0.05) is 11.3 Å². The Morgan fingerprint density at radius 3 is 2.61 bits per heavy atom. The molecule has 0 atom stereocenters. The van der Waals surface area contributed by atoms with Gasteiger partial charge in [-0.3, -0.25) is 0 Å². The molecular formula is C13H14N2O3. The summed E-state index contributed by atoms with van der Waals surface area (Å²) in [6.45, 7) is 1.93. The van der Waals surface area contributed by atoms with Gasteiger partial charge in [0.1, 0.15) is 17.1 Å². The highest BCUT2D eigenvalue weighted by Gasteiger charge is 2.14. The van der Waals surface area contributed by atoms with E-state index in [9.17, 15) is 4.79 Å². The standard InChI is InChI=1S/C13H14N2O3/c1-7-5-8(18-2)3-4-9(7)11-6-10(13(16)17)12(14)15-11/h3-6,15H,14H2,1-2H3,(H,16,17). The number of aryl methyl sites for hydroxylation is 1. The van der Waals surface area contributed by atoms with Crippen LogP contribution in [0.25, 0.3) is 11.3 Å². The van der Waals surface area contributed by atoms with Crippen LogP contribution in [0, 0.1) is 6.92 Å². The summed E-state index contributed by atoms with van der Waals surface area (Å²) >= 11 is 0. The average molecular weight is 246 g/mol. The minimum absolute atomic E-state index is 0.0835. The molecule has 1 heterocycles. The van der Waals surface area contributed by atoms with E-state index in [1.54, 1.807) is 7.11 Å². The molecule has 0 radical (unpaired) electrons. The summed E-state index contributed by atoms with van der Waals surface area (Å²) in [6, 6.07) is 7.10. The quantitative estimate of drug-likeness (QED) is 0.775. The van der Waals surface area contributed by atoms with Gasteiger partial charge < -0.3 is 20.6 Å². The van der Waals surface area contributed by atoms with E-state index in [4.69, 9.17) is 15.6 Å². The van der Waals surface area contributed by atoms with Crippen LogP contribution in [0.3, 0.4) is 0 Å². The lowest BCUT2D eigenvalue weighted by atomic mass is 10.1. The Morgan fingerprint density at radius 2 is 2.11 bits per heavy atom. The van der Waals surface area contributed by atoms with E-state index in [1.165, 1.54) is 6.07 Å². The number of nitrogens with one attached hydrogen (secondary N) is 1. The van der Waals surface area contributed by atoms with E-state index in [2.05, 4.69) is 4.98 Å². The summed E-state index contributed by atoms with van der Waals surface area (Å²) in [6.07, 6.45) is 0. The average Bonchev–Trinajstić information content (AvgIpc) is 2.71. The number of carboxylic acids is 1. The van der Waals surface area contributed by atoms with Crippen molar-refractivity contribution in [2.75, 3.05) is 12.8 Å². The van der Waals surface area contributed by atoms with Crippen LogP contribution in [0.5, 0.6) is 5.75 Å². The summed E-state index contributed by atoms with van der Waals surface area (Å²) in [4.78, 5) is 13.8. The molecule has 0 aliphatic heterocycles. The molecule has 18 heavy (non-hydrogen) atoms. The molecule has 5 nitrogen and oxygen atoms in total. The van der Waals surface area contributed by atoms with Gasteiger partial charge in [-0.25, -0.2) is 4.79 Å². The number of H-pyrrole nitrogens is 1.